The van der Waals surface area contributed by atoms with Gasteiger partial charge in [-0.1, -0.05) is 30.9 Å². The molecule has 0 spiro atoms. The average molecular weight is 315 g/mol. The molecule has 0 aliphatic carbocycles. The van der Waals surface area contributed by atoms with E-state index in [0.29, 0.717) is 6.67 Å². The van der Waals surface area contributed by atoms with Gasteiger partial charge in [-0.25, -0.2) is 10.0 Å². The number of hydrogen-bond donors (Lipinski definition) is 3. The van der Waals surface area contributed by atoms with Crippen LogP contribution >= 0.6 is 11.3 Å². The van der Waals surface area contributed by atoms with Crippen molar-refractivity contribution in [2.75, 3.05) is 13.7 Å². The number of fused-ring (bicyclic) bond motifs is 1. The maximum absolute atomic E-state index is 5.33. The number of rotatable bonds is 6. The molecule has 0 radical (unpaired) electrons. The molecule has 0 bridgehead atoms. The molecule has 0 saturated heterocycles. The van der Waals surface area contributed by atoms with Crippen molar-refractivity contribution >= 4 is 33.0 Å². The fourth-order valence-corrected chi connectivity index (χ4v) is 3.26. The SMILES string of the molecule is C=C(NN(C)CN=C(N)N)/C(=C\C)c1cc2ccccc2s1. The van der Waals surface area contributed by atoms with Crippen LogP contribution in [-0.2, 0) is 0 Å². The maximum atomic E-state index is 5.33. The fourth-order valence-electron chi connectivity index (χ4n) is 2.09. The third kappa shape index (κ3) is 3.87. The Hall–Kier alpha value is -2.31. The van der Waals surface area contributed by atoms with Gasteiger partial charge in [0.25, 0.3) is 0 Å². The standard InChI is InChI=1S/C16H21N5S/c1-4-13(11(2)20-21(3)10-19-16(17)18)15-9-12-7-5-6-8-14(12)22-15/h4-9,20H,2,10H2,1,3H3,(H4,17,18,19)/b13-4+. The molecule has 1 aromatic heterocycles. The van der Waals surface area contributed by atoms with Crippen molar-refractivity contribution in [3.8, 4) is 0 Å². The maximum Gasteiger partial charge on any atom is 0.187 e. The molecule has 5 nitrogen and oxygen atoms in total. The number of nitrogens with one attached hydrogen (secondary N) is 1. The Morgan fingerprint density at radius 2 is 2.14 bits per heavy atom. The largest absolute Gasteiger partial charge is 0.370 e. The highest BCUT2D eigenvalue weighted by Crippen LogP contribution is 2.32. The highest BCUT2D eigenvalue weighted by atomic mass is 32.1. The molecule has 5 N–H and O–H groups in total. The first-order chi connectivity index (χ1) is 10.5. The van der Waals surface area contributed by atoms with Crippen LogP contribution in [0, 0.1) is 0 Å². The summed E-state index contributed by atoms with van der Waals surface area (Å²) >= 11 is 1.75. The number of hydrazine groups is 1. The lowest BCUT2D eigenvalue weighted by Gasteiger charge is -2.20. The van der Waals surface area contributed by atoms with Crippen LogP contribution in [0.1, 0.15) is 11.8 Å². The van der Waals surface area contributed by atoms with Crippen LogP contribution in [0.25, 0.3) is 15.7 Å². The van der Waals surface area contributed by atoms with Gasteiger partial charge in [0.15, 0.2) is 5.96 Å². The van der Waals surface area contributed by atoms with Gasteiger partial charge < -0.3 is 16.9 Å². The van der Waals surface area contributed by atoms with Crippen molar-refractivity contribution in [3.63, 3.8) is 0 Å². The van der Waals surface area contributed by atoms with Gasteiger partial charge in [0.05, 0.1) is 5.70 Å². The van der Waals surface area contributed by atoms with E-state index in [1.807, 2.05) is 26.1 Å². The number of thiophene rings is 1. The number of hydrogen-bond acceptors (Lipinski definition) is 4. The number of nitrogens with two attached hydrogens (primary N) is 2. The van der Waals surface area contributed by atoms with Crippen molar-refractivity contribution < 1.29 is 0 Å². The van der Waals surface area contributed by atoms with E-state index in [0.717, 1.165) is 11.3 Å². The quantitative estimate of drug-likeness (QED) is 0.331. The Bertz CT molecular complexity index is 692. The lowest BCUT2D eigenvalue weighted by molar-refractivity contribution is 0.279. The molecule has 0 amide bonds. The Morgan fingerprint density at radius 3 is 2.77 bits per heavy atom. The summed E-state index contributed by atoms with van der Waals surface area (Å²) in [6, 6.07) is 10.5. The van der Waals surface area contributed by atoms with Gasteiger partial charge in [0.1, 0.15) is 6.67 Å². The van der Waals surface area contributed by atoms with Crippen molar-refractivity contribution in [2.45, 2.75) is 6.92 Å². The average Bonchev–Trinajstić information content (AvgIpc) is 2.89. The van der Waals surface area contributed by atoms with E-state index in [1.165, 1.54) is 15.0 Å². The minimum Gasteiger partial charge on any atom is -0.370 e. The van der Waals surface area contributed by atoms with E-state index in [-0.39, 0.29) is 5.96 Å². The van der Waals surface area contributed by atoms with E-state index in [9.17, 15) is 0 Å². The lowest BCUT2D eigenvalue weighted by atomic mass is 10.1. The van der Waals surface area contributed by atoms with Crippen molar-refractivity contribution in [1.82, 2.24) is 10.4 Å². The second-order valence-corrected chi connectivity index (χ2v) is 5.95. The fraction of sp³-hybridized carbons (Fsp3) is 0.188. The Balaban J connectivity index is 2.14. The highest BCUT2D eigenvalue weighted by Gasteiger charge is 2.10. The molecule has 0 aliphatic rings. The van der Waals surface area contributed by atoms with Crippen LogP contribution in [0.2, 0.25) is 0 Å². The second-order valence-electron chi connectivity index (χ2n) is 4.86. The molecule has 0 aliphatic heterocycles. The zero-order valence-corrected chi connectivity index (χ0v) is 13.7. The molecule has 1 aromatic carbocycles. The Labute approximate surface area is 134 Å². The molecule has 2 aromatic rings. The summed E-state index contributed by atoms with van der Waals surface area (Å²) in [5.41, 5.74) is 15.7. The number of guanidine groups is 1. The summed E-state index contributed by atoms with van der Waals surface area (Å²) in [7, 11) is 1.86. The summed E-state index contributed by atoms with van der Waals surface area (Å²) in [4.78, 5) is 5.13. The van der Waals surface area contributed by atoms with E-state index >= 15 is 0 Å². The van der Waals surface area contributed by atoms with Crippen molar-refractivity contribution in [3.05, 3.63) is 53.6 Å². The van der Waals surface area contributed by atoms with Gasteiger partial charge in [-0.3, -0.25) is 0 Å². The predicted octanol–water partition coefficient (Wildman–Crippen LogP) is 2.49. The monoisotopic (exact) mass is 315 g/mol. The van der Waals surface area contributed by atoms with Crippen LogP contribution in [0.3, 0.4) is 0 Å². The summed E-state index contributed by atoms with van der Waals surface area (Å²) in [6.45, 7) is 6.47. The van der Waals surface area contributed by atoms with Gasteiger partial charge in [-0.2, -0.15) is 0 Å². The molecule has 22 heavy (non-hydrogen) atoms. The van der Waals surface area contributed by atoms with E-state index in [2.05, 4.69) is 41.3 Å². The van der Waals surface area contributed by atoms with Crippen LogP contribution in [0.15, 0.2) is 53.7 Å². The highest BCUT2D eigenvalue weighted by molar-refractivity contribution is 7.20. The molecule has 0 saturated carbocycles. The first kappa shape index (κ1) is 16.1. The summed E-state index contributed by atoms with van der Waals surface area (Å²) in [5, 5.41) is 3.02. The van der Waals surface area contributed by atoms with Gasteiger partial charge in [0.2, 0.25) is 0 Å². The van der Waals surface area contributed by atoms with E-state index in [4.69, 9.17) is 11.5 Å². The van der Waals surface area contributed by atoms with Gasteiger partial charge in [-0.05, 0) is 24.4 Å². The van der Waals surface area contributed by atoms with E-state index < -0.39 is 0 Å². The molecular weight excluding hydrogens is 294 g/mol. The molecule has 116 valence electrons. The smallest absolute Gasteiger partial charge is 0.187 e. The molecule has 0 unspecified atom stereocenters. The summed E-state index contributed by atoms with van der Waals surface area (Å²) < 4.78 is 1.26. The minimum atomic E-state index is 0.0648. The number of benzene rings is 1. The summed E-state index contributed by atoms with van der Waals surface area (Å²) in [5.74, 6) is 0.0648. The molecular formula is C16H21N5S. The topological polar surface area (TPSA) is 79.7 Å². The van der Waals surface area contributed by atoms with Crippen LogP contribution in [0.4, 0.5) is 0 Å². The zero-order valence-electron chi connectivity index (χ0n) is 12.8. The van der Waals surface area contributed by atoms with Crippen LogP contribution < -0.4 is 16.9 Å². The Morgan fingerprint density at radius 1 is 1.41 bits per heavy atom. The third-order valence-electron chi connectivity index (χ3n) is 3.10. The predicted molar refractivity (Wildman–Crippen MR) is 96.2 cm³/mol. The Kier molecular flexibility index (Phi) is 5.19. The molecule has 0 atom stereocenters. The van der Waals surface area contributed by atoms with Crippen LogP contribution in [0.5, 0.6) is 0 Å². The van der Waals surface area contributed by atoms with E-state index in [1.54, 1.807) is 16.3 Å². The number of nitrogens with zero attached hydrogens (tertiary/aromatic N) is 2. The van der Waals surface area contributed by atoms with Gasteiger partial charge in [-0.15, -0.1) is 11.3 Å². The second kappa shape index (κ2) is 7.11. The van der Waals surface area contributed by atoms with Gasteiger partial charge >= 0.3 is 0 Å². The van der Waals surface area contributed by atoms with Crippen molar-refractivity contribution in [1.29, 1.82) is 0 Å². The number of allylic oxidation sites excluding steroid dienone is 2. The first-order valence-corrected chi connectivity index (χ1v) is 7.70. The summed E-state index contributed by atoms with van der Waals surface area (Å²) in [6.07, 6.45) is 2.05. The minimum absolute atomic E-state index is 0.0648. The molecule has 0 fully saturated rings. The molecule has 6 heteroatoms. The van der Waals surface area contributed by atoms with Crippen LogP contribution in [-0.4, -0.2) is 24.7 Å². The lowest BCUT2D eigenvalue weighted by Crippen LogP contribution is -2.35. The van der Waals surface area contributed by atoms with Gasteiger partial charge in [0, 0.05) is 22.2 Å². The zero-order chi connectivity index (χ0) is 16.1. The van der Waals surface area contributed by atoms with Crippen molar-refractivity contribution in [2.24, 2.45) is 16.5 Å². The first-order valence-electron chi connectivity index (χ1n) is 6.89. The molecule has 2 rings (SSSR count). The normalized spacial score (nSPS) is 11.7. The molecule has 1 heterocycles. The number of aliphatic imine (C=N–C) groups is 1. The third-order valence-corrected chi connectivity index (χ3v) is 4.25.